The van der Waals surface area contributed by atoms with Gasteiger partial charge < -0.3 is 35.3 Å². The lowest BCUT2D eigenvalue weighted by Crippen LogP contribution is -2.55. The number of hydrogen-bond acceptors (Lipinski definition) is 8. The zero-order chi connectivity index (χ0) is 25.5. The summed E-state index contributed by atoms with van der Waals surface area (Å²) < 4.78 is 36.9. The van der Waals surface area contributed by atoms with E-state index in [4.69, 9.17) is 9.05 Å². The second kappa shape index (κ2) is 10.7. The number of aromatic nitrogens is 3. The number of rotatable bonds is 7. The van der Waals surface area contributed by atoms with Crippen molar-refractivity contribution in [2.45, 2.75) is 57.9 Å². The Morgan fingerprint density at radius 3 is 2.76 bits per heavy atom. The van der Waals surface area contributed by atoms with Crippen LogP contribution in [0, 0.1) is 20.2 Å². The Bertz CT molecular complexity index is 1380. The summed E-state index contributed by atoms with van der Waals surface area (Å²) in [5.41, 5.74) is 2.41. The van der Waals surface area contributed by atoms with Crippen molar-refractivity contribution in [3.63, 3.8) is 0 Å². The molecule has 1 fully saturated rings. The normalized spacial score (nSPS) is 22.0. The first-order chi connectivity index (χ1) is 17.1. The molecular formula is C25H32FN4O6P-2. The Kier molecular flexibility index (Phi) is 8.02. The van der Waals surface area contributed by atoms with Crippen molar-refractivity contribution in [2.24, 2.45) is 0 Å². The first kappa shape index (κ1) is 27.6. The Morgan fingerprint density at radius 2 is 2.03 bits per heavy atom. The molecule has 0 spiro atoms. The second-order valence-corrected chi connectivity index (χ2v) is 11.1. The van der Waals surface area contributed by atoms with E-state index in [9.17, 15) is 23.5 Å². The molecule has 2 aliphatic heterocycles. The topological polar surface area (TPSA) is 133 Å². The molecule has 10 nitrogen and oxygen atoms in total. The van der Waals surface area contributed by atoms with Crippen LogP contribution in [0.5, 0.6) is 0 Å². The van der Waals surface area contributed by atoms with Crippen LogP contribution < -0.4 is 15.3 Å². The van der Waals surface area contributed by atoms with Crippen molar-refractivity contribution in [2.75, 3.05) is 26.4 Å². The molecule has 1 saturated heterocycles. The van der Waals surface area contributed by atoms with Crippen LogP contribution >= 0.6 is 7.82 Å². The van der Waals surface area contributed by atoms with Gasteiger partial charge in [0.25, 0.3) is 5.56 Å². The SMILES string of the molecule is Cc1nc2n(c(=O)c1CC[N+]1(COP(=O)([O-])[O-])CCC(c3noc4cc(F)ccc34)CC1)CCCC2.[CH3-]. The summed E-state index contributed by atoms with van der Waals surface area (Å²) in [5, 5.41) is 4.93. The number of fused-ring (bicyclic) bond motifs is 2. The molecule has 5 rings (SSSR count). The van der Waals surface area contributed by atoms with E-state index in [1.807, 2.05) is 6.92 Å². The molecule has 4 heterocycles. The third-order valence-electron chi connectivity index (χ3n) is 7.66. The third kappa shape index (κ3) is 5.86. The van der Waals surface area contributed by atoms with Crippen LogP contribution in [-0.4, -0.2) is 45.6 Å². The van der Waals surface area contributed by atoms with Gasteiger partial charge in [-0.1, -0.05) is 5.16 Å². The fraction of sp³-hybridized carbons (Fsp3) is 0.520. The van der Waals surface area contributed by atoms with Gasteiger partial charge in [-0.25, -0.2) is 9.37 Å². The molecule has 0 radical (unpaired) electrons. The Morgan fingerprint density at radius 1 is 1.27 bits per heavy atom. The number of aryl methyl sites for hydroxylation is 2. The average Bonchev–Trinajstić information content (AvgIpc) is 3.26. The maximum Gasteiger partial charge on any atom is 0.257 e. The van der Waals surface area contributed by atoms with E-state index in [2.05, 4.69) is 10.1 Å². The summed E-state index contributed by atoms with van der Waals surface area (Å²) in [6, 6.07) is 4.32. The Balaban J connectivity index is 0.00000320. The third-order valence-corrected chi connectivity index (χ3v) is 8.09. The molecule has 0 aliphatic carbocycles. The predicted octanol–water partition coefficient (Wildman–Crippen LogP) is 2.36. The molecule has 37 heavy (non-hydrogen) atoms. The second-order valence-electron chi connectivity index (χ2n) is 9.96. The van der Waals surface area contributed by atoms with Crippen molar-refractivity contribution in [1.29, 1.82) is 0 Å². The van der Waals surface area contributed by atoms with E-state index in [1.54, 1.807) is 10.6 Å². The number of phosphoric ester groups is 1. The Labute approximate surface area is 214 Å². The zero-order valence-electron chi connectivity index (χ0n) is 21.2. The molecule has 2 aliphatic rings. The standard InChI is InChI=1S/C24H30FN4O6P.CH3/c1-16-19(24(30)28-10-3-2-4-22(28)26-16)9-13-29(15-34-36(31,32)33)11-7-17(8-12-29)23-20-6-5-18(25)14-21(20)35-27-23;/h5-6,14,17H,2-4,7-13,15H2,1H3,(H-,31,32,33);1H3/q;-1/p-1. The molecule has 0 N–H and O–H groups in total. The van der Waals surface area contributed by atoms with E-state index < -0.39 is 13.6 Å². The molecule has 0 bridgehead atoms. The highest BCUT2D eigenvalue weighted by molar-refractivity contribution is 7.43. The van der Waals surface area contributed by atoms with Crippen LogP contribution in [0.25, 0.3) is 11.0 Å². The molecule has 1 aromatic carbocycles. The van der Waals surface area contributed by atoms with Crippen LogP contribution in [0.4, 0.5) is 4.39 Å². The number of hydrogen-bond donors (Lipinski definition) is 0. The summed E-state index contributed by atoms with van der Waals surface area (Å²) in [6.45, 7) is 3.71. The number of phosphoric acid groups is 1. The summed E-state index contributed by atoms with van der Waals surface area (Å²) in [7, 11) is -5.16. The lowest BCUT2D eigenvalue weighted by atomic mass is 9.90. The molecule has 0 unspecified atom stereocenters. The first-order valence-corrected chi connectivity index (χ1v) is 13.8. The average molecular weight is 535 g/mol. The maximum absolute atomic E-state index is 13.5. The monoisotopic (exact) mass is 534 g/mol. The van der Waals surface area contributed by atoms with Gasteiger partial charge in [-0.05, 0) is 31.9 Å². The van der Waals surface area contributed by atoms with Gasteiger partial charge in [-0.15, -0.1) is 0 Å². The fourth-order valence-electron chi connectivity index (χ4n) is 5.59. The highest BCUT2D eigenvalue weighted by Crippen LogP contribution is 2.37. The quantitative estimate of drug-likeness (QED) is 0.256. The molecule has 0 saturated carbocycles. The van der Waals surface area contributed by atoms with Gasteiger partial charge >= 0.3 is 0 Å². The number of likely N-dealkylation sites (tertiary alicyclic amines) is 1. The molecule has 3 aromatic rings. The van der Waals surface area contributed by atoms with E-state index in [0.717, 1.165) is 36.2 Å². The first-order valence-electron chi connectivity index (χ1n) is 12.3. The van der Waals surface area contributed by atoms with E-state index in [1.165, 1.54) is 12.1 Å². The van der Waals surface area contributed by atoms with Crippen LogP contribution in [-0.2, 0) is 28.5 Å². The molecule has 12 heteroatoms. The van der Waals surface area contributed by atoms with Crippen LogP contribution in [0.15, 0.2) is 27.5 Å². The summed E-state index contributed by atoms with van der Waals surface area (Å²) in [4.78, 5) is 40.5. The number of halogens is 1. The zero-order valence-corrected chi connectivity index (χ0v) is 22.0. The highest BCUT2D eigenvalue weighted by atomic mass is 31.2. The summed E-state index contributed by atoms with van der Waals surface area (Å²) in [5.74, 6) is 0.454. The molecule has 2 aromatic heterocycles. The number of nitrogens with zero attached hydrogens (tertiary/aromatic N) is 4. The van der Waals surface area contributed by atoms with Gasteiger partial charge in [0, 0.05) is 60.9 Å². The fourth-order valence-corrected chi connectivity index (χ4v) is 5.98. The molecule has 0 atom stereocenters. The lowest BCUT2D eigenvalue weighted by molar-refractivity contribution is -0.947. The van der Waals surface area contributed by atoms with E-state index in [0.29, 0.717) is 62.3 Å². The van der Waals surface area contributed by atoms with Crippen molar-refractivity contribution in [1.82, 2.24) is 14.7 Å². The van der Waals surface area contributed by atoms with Crippen LogP contribution in [0.2, 0.25) is 0 Å². The van der Waals surface area contributed by atoms with Crippen molar-refractivity contribution in [3.8, 4) is 0 Å². The Hall–Kier alpha value is -2.43. The van der Waals surface area contributed by atoms with Crippen LogP contribution in [0.1, 0.15) is 54.4 Å². The van der Waals surface area contributed by atoms with Gasteiger partial charge in [0.15, 0.2) is 12.3 Å². The number of quaternary nitrogens is 1. The van der Waals surface area contributed by atoms with Crippen molar-refractivity contribution in [3.05, 3.63) is 64.6 Å². The van der Waals surface area contributed by atoms with Crippen molar-refractivity contribution < 1.29 is 32.3 Å². The minimum Gasteiger partial charge on any atom is -0.790 e. The van der Waals surface area contributed by atoms with Crippen molar-refractivity contribution >= 4 is 18.8 Å². The van der Waals surface area contributed by atoms with Gasteiger partial charge in [-0.2, -0.15) is 0 Å². The lowest BCUT2D eigenvalue weighted by Gasteiger charge is -2.45. The van der Waals surface area contributed by atoms with Gasteiger partial charge in [0.2, 0.25) is 0 Å². The summed E-state index contributed by atoms with van der Waals surface area (Å²) in [6.07, 6.45) is 4.44. The van der Waals surface area contributed by atoms with Crippen LogP contribution in [0.3, 0.4) is 0 Å². The number of benzene rings is 1. The number of piperidine rings is 1. The summed E-state index contributed by atoms with van der Waals surface area (Å²) >= 11 is 0. The van der Waals surface area contributed by atoms with Gasteiger partial charge in [0.05, 0.1) is 33.2 Å². The largest absolute Gasteiger partial charge is 0.790 e. The van der Waals surface area contributed by atoms with E-state index in [-0.39, 0.29) is 30.1 Å². The highest BCUT2D eigenvalue weighted by Gasteiger charge is 2.37. The van der Waals surface area contributed by atoms with Gasteiger partial charge in [-0.3, -0.25) is 9.36 Å². The van der Waals surface area contributed by atoms with E-state index >= 15 is 0 Å². The smallest absolute Gasteiger partial charge is 0.257 e. The minimum atomic E-state index is -5.16. The maximum atomic E-state index is 13.5. The molecular weight excluding hydrogens is 502 g/mol. The van der Waals surface area contributed by atoms with Gasteiger partial charge in [0.1, 0.15) is 11.6 Å². The molecule has 202 valence electrons. The predicted molar refractivity (Wildman–Crippen MR) is 131 cm³/mol. The minimum absolute atomic E-state index is 0. The molecule has 0 amide bonds.